The van der Waals surface area contributed by atoms with Gasteiger partial charge in [-0.2, -0.15) is 0 Å². The van der Waals surface area contributed by atoms with E-state index >= 15 is 0 Å². The van der Waals surface area contributed by atoms with Gasteiger partial charge in [0.1, 0.15) is 5.82 Å². The highest BCUT2D eigenvalue weighted by Crippen LogP contribution is 2.38. The molecule has 1 aliphatic heterocycles. The maximum Gasteiger partial charge on any atom is 0.144 e. The van der Waals surface area contributed by atoms with Crippen LogP contribution in [0.5, 0.6) is 0 Å². The zero-order chi connectivity index (χ0) is 9.42. The van der Waals surface area contributed by atoms with Gasteiger partial charge in [0.25, 0.3) is 0 Å². The van der Waals surface area contributed by atoms with Crippen molar-refractivity contribution in [3.8, 4) is 0 Å². The fourth-order valence-electron chi connectivity index (χ4n) is 1.50. The normalized spacial score (nSPS) is 20.7. The fourth-order valence-corrected chi connectivity index (χ4v) is 2.17. The van der Waals surface area contributed by atoms with Crippen LogP contribution < -0.4 is 5.32 Å². The zero-order valence-electron chi connectivity index (χ0n) is 6.78. The molecule has 0 aliphatic carbocycles. The molecule has 0 aromatic heterocycles. The summed E-state index contributed by atoms with van der Waals surface area (Å²) in [5, 5.41) is 2.90. The lowest BCUT2D eigenvalue weighted by Gasteiger charge is -2.23. The molecule has 1 aromatic carbocycles. The highest BCUT2D eigenvalue weighted by atomic mass is 79.9. The van der Waals surface area contributed by atoms with Crippen molar-refractivity contribution < 1.29 is 4.39 Å². The van der Waals surface area contributed by atoms with Crippen LogP contribution in [0.1, 0.15) is 17.4 Å². The molecule has 1 aromatic rings. The Kier molecular flexibility index (Phi) is 2.47. The molecule has 1 nitrogen and oxygen atoms in total. The number of rotatable bonds is 0. The van der Waals surface area contributed by atoms with Crippen LogP contribution in [0.3, 0.4) is 0 Å². The molecule has 70 valence electrons. The van der Waals surface area contributed by atoms with Gasteiger partial charge in [-0.05, 0) is 34.5 Å². The standard InChI is InChI=1S/C9H8BrClFN/c10-5-1-2-7-8(9(5)12)6(11)3-4-13-7/h1-2,6,13H,3-4H2. The quantitative estimate of drug-likeness (QED) is 0.705. The Bertz CT molecular complexity index is 343. The van der Waals surface area contributed by atoms with Gasteiger partial charge in [0.05, 0.1) is 9.85 Å². The van der Waals surface area contributed by atoms with Crippen LogP contribution in [0, 0.1) is 5.82 Å². The molecule has 4 heteroatoms. The molecular formula is C9H8BrClFN. The van der Waals surface area contributed by atoms with E-state index in [4.69, 9.17) is 11.6 Å². The Morgan fingerprint density at radius 3 is 3.08 bits per heavy atom. The highest BCUT2D eigenvalue weighted by Gasteiger charge is 2.22. The molecule has 1 unspecified atom stereocenters. The average Bonchev–Trinajstić information content (AvgIpc) is 2.12. The smallest absolute Gasteiger partial charge is 0.144 e. The van der Waals surface area contributed by atoms with Crippen LogP contribution in [0.15, 0.2) is 16.6 Å². The molecule has 0 fully saturated rings. The summed E-state index contributed by atoms with van der Waals surface area (Å²) in [6.45, 7) is 0.808. The second-order valence-electron chi connectivity index (χ2n) is 3.01. The number of fused-ring (bicyclic) bond motifs is 1. The van der Waals surface area contributed by atoms with Crippen molar-refractivity contribution in [2.24, 2.45) is 0 Å². The monoisotopic (exact) mass is 263 g/mol. The van der Waals surface area contributed by atoms with E-state index < -0.39 is 0 Å². The Balaban J connectivity index is 2.58. The lowest BCUT2D eigenvalue weighted by atomic mass is 10.0. The van der Waals surface area contributed by atoms with Crippen molar-refractivity contribution in [3.05, 3.63) is 28.0 Å². The molecule has 0 amide bonds. The summed E-state index contributed by atoms with van der Waals surface area (Å²) in [5.41, 5.74) is 1.40. The van der Waals surface area contributed by atoms with Gasteiger partial charge in [-0.15, -0.1) is 11.6 Å². The number of hydrogen-bond acceptors (Lipinski definition) is 1. The number of halogens is 3. The van der Waals surface area contributed by atoms with Crippen molar-refractivity contribution in [2.45, 2.75) is 11.8 Å². The first-order valence-corrected chi connectivity index (χ1v) is 5.29. The van der Waals surface area contributed by atoms with Crippen molar-refractivity contribution in [3.63, 3.8) is 0 Å². The molecule has 0 spiro atoms. The summed E-state index contributed by atoms with van der Waals surface area (Å²) < 4.78 is 14.0. The molecule has 0 bridgehead atoms. The molecule has 1 atom stereocenters. The molecule has 0 radical (unpaired) electrons. The summed E-state index contributed by atoms with van der Waals surface area (Å²) in [6, 6.07) is 3.53. The van der Waals surface area contributed by atoms with Crippen LogP contribution in [-0.2, 0) is 0 Å². The van der Waals surface area contributed by atoms with E-state index in [1.54, 1.807) is 6.07 Å². The van der Waals surface area contributed by atoms with Crippen molar-refractivity contribution in [1.82, 2.24) is 0 Å². The number of benzene rings is 1. The molecular weight excluding hydrogens is 256 g/mol. The van der Waals surface area contributed by atoms with E-state index in [9.17, 15) is 4.39 Å². The van der Waals surface area contributed by atoms with E-state index in [1.807, 2.05) is 6.07 Å². The number of hydrogen-bond donors (Lipinski definition) is 1. The van der Waals surface area contributed by atoms with Crippen molar-refractivity contribution in [2.75, 3.05) is 11.9 Å². The van der Waals surface area contributed by atoms with Gasteiger partial charge >= 0.3 is 0 Å². The summed E-state index contributed by atoms with van der Waals surface area (Å²) in [7, 11) is 0. The first-order chi connectivity index (χ1) is 6.20. The third-order valence-electron chi connectivity index (χ3n) is 2.16. The molecule has 0 saturated carbocycles. The minimum absolute atomic E-state index is 0.214. The van der Waals surface area contributed by atoms with E-state index in [1.165, 1.54) is 0 Å². The second kappa shape index (κ2) is 3.46. The molecule has 13 heavy (non-hydrogen) atoms. The van der Waals surface area contributed by atoms with Gasteiger partial charge in [0, 0.05) is 17.8 Å². The van der Waals surface area contributed by atoms with Crippen LogP contribution in [0.4, 0.5) is 10.1 Å². The molecule has 1 heterocycles. The Hall–Kier alpha value is -0.280. The molecule has 1 aliphatic rings. The predicted octanol–water partition coefficient (Wildman–Crippen LogP) is 3.68. The van der Waals surface area contributed by atoms with Gasteiger partial charge in [0.2, 0.25) is 0 Å². The topological polar surface area (TPSA) is 12.0 Å². The van der Waals surface area contributed by atoms with Crippen LogP contribution in [0.25, 0.3) is 0 Å². The summed E-state index contributed by atoms with van der Waals surface area (Å²) in [6.07, 6.45) is 0.766. The third kappa shape index (κ3) is 1.55. The van der Waals surface area contributed by atoms with E-state index in [0.717, 1.165) is 18.7 Å². The summed E-state index contributed by atoms with van der Waals surface area (Å²) in [4.78, 5) is 0. The van der Waals surface area contributed by atoms with Crippen molar-refractivity contribution in [1.29, 1.82) is 0 Å². The number of nitrogens with one attached hydrogen (secondary N) is 1. The lowest BCUT2D eigenvalue weighted by Crippen LogP contribution is -2.15. The van der Waals surface area contributed by atoms with Gasteiger partial charge in [-0.3, -0.25) is 0 Å². The second-order valence-corrected chi connectivity index (χ2v) is 4.39. The lowest BCUT2D eigenvalue weighted by molar-refractivity contribution is 0.592. The summed E-state index contributed by atoms with van der Waals surface area (Å²) in [5.74, 6) is -0.246. The zero-order valence-corrected chi connectivity index (χ0v) is 9.12. The minimum Gasteiger partial charge on any atom is -0.385 e. The highest BCUT2D eigenvalue weighted by molar-refractivity contribution is 9.10. The van der Waals surface area contributed by atoms with Crippen LogP contribution in [0.2, 0.25) is 0 Å². The Labute approximate surface area is 89.4 Å². The van der Waals surface area contributed by atoms with E-state index in [-0.39, 0.29) is 11.2 Å². The third-order valence-corrected chi connectivity index (χ3v) is 3.21. The average molecular weight is 265 g/mol. The van der Waals surface area contributed by atoms with Gasteiger partial charge < -0.3 is 5.32 Å². The van der Waals surface area contributed by atoms with E-state index in [0.29, 0.717) is 10.0 Å². The molecule has 1 N–H and O–H groups in total. The van der Waals surface area contributed by atoms with Gasteiger partial charge in [-0.25, -0.2) is 4.39 Å². The van der Waals surface area contributed by atoms with Crippen molar-refractivity contribution >= 4 is 33.2 Å². The minimum atomic E-state index is -0.246. The predicted molar refractivity (Wildman–Crippen MR) is 55.8 cm³/mol. The first-order valence-electron chi connectivity index (χ1n) is 4.06. The Morgan fingerprint density at radius 1 is 1.54 bits per heavy atom. The Morgan fingerprint density at radius 2 is 2.31 bits per heavy atom. The summed E-state index contributed by atoms with van der Waals surface area (Å²) >= 11 is 9.16. The number of alkyl halides is 1. The SMILES string of the molecule is Fc1c(Br)ccc2c1C(Cl)CCN2. The fraction of sp³-hybridized carbons (Fsp3) is 0.333. The number of anilines is 1. The first kappa shape index (κ1) is 9.28. The van der Waals surface area contributed by atoms with Gasteiger partial charge in [0.15, 0.2) is 0 Å². The largest absolute Gasteiger partial charge is 0.385 e. The van der Waals surface area contributed by atoms with E-state index in [2.05, 4.69) is 21.2 Å². The van der Waals surface area contributed by atoms with Gasteiger partial charge in [-0.1, -0.05) is 0 Å². The van der Waals surface area contributed by atoms with Crippen LogP contribution in [-0.4, -0.2) is 6.54 Å². The molecule has 0 saturated heterocycles. The molecule has 2 rings (SSSR count). The maximum atomic E-state index is 13.6. The van der Waals surface area contributed by atoms with Crippen LogP contribution >= 0.6 is 27.5 Å². The maximum absolute atomic E-state index is 13.6.